The van der Waals surface area contributed by atoms with Gasteiger partial charge in [-0.05, 0) is 10.6 Å². The van der Waals surface area contributed by atoms with Gasteiger partial charge >= 0.3 is 0 Å². The number of hydrogen-bond donors (Lipinski definition) is 0. The maximum absolute atomic E-state index is 2.88. The monoisotopic (exact) mass is 262 g/mol. The van der Waals surface area contributed by atoms with Gasteiger partial charge in [0, 0.05) is 6.04 Å². The van der Waals surface area contributed by atoms with Gasteiger partial charge in [0.2, 0.25) is 0 Å². The lowest BCUT2D eigenvalue weighted by atomic mass is 9.95. The van der Waals surface area contributed by atoms with Crippen molar-refractivity contribution in [2.75, 3.05) is 0 Å². The largest absolute Gasteiger partial charge is 0.339 e. The average molecular weight is 263 g/mol. The quantitative estimate of drug-likeness (QED) is 0.719. The lowest BCUT2D eigenvalue weighted by molar-refractivity contribution is 0.262. The third-order valence-electron chi connectivity index (χ3n) is 4.72. The van der Waals surface area contributed by atoms with Crippen LogP contribution in [0.5, 0.6) is 0 Å². The minimum atomic E-state index is -1.24. The molecule has 1 aliphatic heterocycles. The zero-order valence-corrected chi connectivity index (χ0v) is 13.9. The first-order valence-corrected chi connectivity index (χ1v) is 11.8. The predicted molar refractivity (Wildman–Crippen MR) is 80.0 cm³/mol. The Bertz CT molecular complexity index is 398. The van der Waals surface area contributed by atoms with Gasteiger partial charge in [-0.25, -0.2) is 0 Å². The van der Waals surface area contributed by atoms with E-state index in [1.54, 1.807) is 0 Å². The Morgan fingerprint density at radius 3 is 2.12 bits per heavy atom. The molecule has 1 radical (unpaired) electrons. The summed E-state index contributed by atoms with van der Waals surface area (Å²) in [5, 5.41) is 0.482. The molecule has 3 heteroatoms. The van der Waals surface area contributed by atoms with Crippen LogP contribution in [0.3, 0.4) is 0 Å². The van der Waals surface area contributed by atoms with E-state index in [-0.39, 0.29) is 8.96 Å². The van der Waals surface area contributed by atoms with Crippen LogP contribution in [0.4, 0.5) is 0 Å². The molecule has 0 saturated carbocycles. The first-order chi connectivity index (χ1) is 7.80. The molecule has 0 aromatic heterocycles. The van der Waals surface area contributed by atoms with Crippen LogP contribution in [-0.2, 0) is 0 Å². The Balaban J connectivity index is 2.40. The number of benzene rings is 1. The second-order valence-electron chi connectivity index (χ2n) is 6.41. The number of nitrogens with zero attached hydrogens (tertiary/aromatic N) is 1. The average Bonchev–Trinajstić information content (AvgIpc) is 2.25. The van der Waals surface area contributed by atoms with Crippen molar-refractivity contribution in [2.45, 2.75) is 51.1 Å². The van der Waals surface area contributed by atoms with Gasteiger partial charge in [-0.3, -0.25) is 0 Å². The van der Waals surface area contributed by atoms with E-state index >= 15 is 0 Å². The zero-order chi connectivity index (χ0) is 12.8. The number of hydrogen-bond acceptors (Lipinski definition) is 1. The molecule has 0 aliphatic carbocycles. The van der Waals surface area contributed by atoms with E-state index in [9.17, 15) is 0 Å². The molecule has 0 bridgehead atoms. The van der Waals surface area contributed by atoms with Crippen LogP contribution >= 0.6 is 0 Å². The second-order valence-corrected chi connectivity index (χ2v) is 14.1. The van der Waals surface area contributed by atoms with Crippen molar-refractivity contribution in [1.29, 1.82) is 0 Å². The molecule has 0 N–H and O–H groups in total. The highest BCUT2D eigenvalue weighted by Gasteiger charge is 2.62. The Labute approximate surface area is 109 Å². The molecule has 1 atom stereocenters. The Kier molecular flexibility index (Phi) is 3.13. The Hall–Kier alpha value is -0.386. The van der Waals surface area contributed by atoms with Gasteiger partial charge < -0.3 is 4.23 Å². The second kappa shape index (κ2) is 4.07. The van der Waals surface area contributed by atoms with Crippen molar-refractivity contribution >= 4 is 17.2 Å². The van der Waals surface area contributed by atoms with Crippen molar-refractivity contribution in [1.82, 2.24) is 4.23 Å². The van der Waals surface area contributed by atoms with Crippen LogP contribution < -0.4 is 0 Å². The van der Waals surface area contributed by atoms with E-state index in [1.165, 1.54) is 5.56 Å². The van der Waals surface area contributed by atoms with E-state index in [2.05, 4.69) is 74.6 Å². The molecule has 1 nitrogen and oxygen atoms in total. The summed E-state index contributed by atoms with van der Waals surface area (Å²) < 4.78 is 2.88. The molecule has 1 fully saturated rings. The summed E-state index contributed by atoms with van der Waals surface area (Å²) >= 11 is 0. The van der Waals surface area contributed by atoms with Crippen LogP contribution in [0, 0.1) is 0 Å². The van der Waals surface area contributed by atoms with E-state index < -0.39 is 8.24 Å². The lowest BCUT2D eigenvalue weighted by Crippen LogP contribution is -2.73. The fourth-order valence-corrected chi connectivity index (χ4v) is 12.2. The zero-order valence-electron chi connectivity index (χ0n) is 11.9. The minimum absolute atomic E-state index is 0.353. The minimum Gasteiger partial charge on any atom is -0.339 e. The van der Waals surface area contributed by atoms with E-state index in [0.717, 1.165) is 0 Å². The van der Waals surface area contributed by atoms with Crippen LogP contribution in [0.25, 0.3) is 0 Å². The molecule has 0 amide bonds. The highest BCUT2D eigenvalue weighted by atomic mass is 28.4. The highest BCUT2D eigenvalue weighted by molar-refractivity contribution is 6.88. The molecule has 1 heterocycles. The molecule has 17 heavy (non-hydrogen) atoms. The summed E-state index contributed by atoms with van der Waals surface area (Å²) in [5.74, 6) is 0. The highest BCUT2D eigenvalue weighted by Crippen LogP contribution is 2.63. The van der Waals surface area contributed by atoms with Gasteiger partial charge in [-0.15, -0.1) is 0 Å². The third kappa shape index (κ3) is 1.75. The van der Waals surface area contributed by atoms with Gasteiger partial charge in [0.25, 0.3) is 0 Å². The summed E-state index contributed by atoms with van der Waals surface area (Å²) in [6.07, 6.45) is 0. The fourth-order valence-electron chi connectivity index (χ4n) is 3.24. The summed E-state index contributed by atoms with van der Waals surface area (Å²) in [6.45, 7) is 14.9. The van der Waals surface area contributed by atoms with E-state index in [4.69, 9.17) is 0 Å². The van der Waals surface area contributed by atoms with Crippen molar-refractivity contribution in [3.05, 3.63) is 35.9 Å². The standard InChI is InChI=1S/C14H24NSi2/c1-14(2)13(12-10-8-7-9-11-12)15(16(3)4)17(14,5)6/h7-11,13H,1-6H3. The molecule has 93 valence electrons. The normalized spacial score (nSPS) is 26.9. The van der Waals surface area contributed by atoms with Gasteiger partial charge in [-0.2, -0.15) is 0 Å². The molecular formula is C14H24NSi2. The molecule has 1 saturated heterocycles. The molecule has 1 unspecified atom stereocenters. The van der Waals surface area contributed by atoms with Gasteiger partial charge in [-0.1, -0.05) is 70.4 Å². The maximum Gasteiger partial charge on any atom is 0.123 e. The third-order valence-corrected chi connectivity index (χ3v) is 13.8. The lowest BCUT2D eigenvalue weighted by Gasteiger charge is -2.68. The summed E-state index contributed by atoms with van der Waals surface area (Å²) in [5.41, 5.74) is 1.51. The SMILES string of the molecule is C[Si](C)N1C(c2ccccc2)C(C)(C)[Si]1(C)C. The Morgan fingerprint density at radius 2 is 1.65 bits per heavy atom. The molecule has 2 rings (SSSR count). The van der Waals surface area contributed by atoms with E-state index in [1.807, 2.05) is 0 Å². The van der Waals surface area contributed by atoms with E-state index in [0.29, 0.717) is 11.1 Å². The van der Waals surface area contributed by atoms with Crippen LogP contribution in [0.15, 0.2) is 30.3 Å². The van der Waals surface area contributed by atoms with Crippen LogP contribution in [0.1, 0.15) is 25.5 Å². The van der Waals surface area contributed by atoms with Crippen molar-refractivity contribution in [2.24, 2.45) is 0 Å². The number of rotatable bonds is 2. The predicted octanol–water partition coefficient (Wildman–Crippen LogP) is 4.28. The Morgan fingerprint density at radius 1 is 1.12 bits per heavy atom. The van der Waals surface area contributed by atoms with Crippen LogP contribution in [-0.4, -0.2) is 21.4 Å². The molecule has 1 aromatic rings. The summed E-state index contributed by atoms with van der Waals surface area (Å²) in [4.78, 5) is 0. The first-order valence-electron chi connectivity index (χ1n) is 6.44. The van der Waals surface area contributed by atoms with Gasteiger partial charge in [0.15, 0.2) is 0 Å². The van der Waals surface area contributed by atoms with Crippen molar-refractivity contribution in [3.63, 3.8) is 0 Å². The first kappa shape index (κ1) is 13.1. The fraction of sp³-hybridized carbons (Fsp3) is 0.571. The smallest absolute Gasteiger partial charge is 0.123 e. The van der Waals surface area contributed by atoms with Gasteiger partial charge in [0.05, 0.1) is 0 Å². The van der Waals surface area contributed by atoms with Crippen LogP contribution in [0.2, 0.25) is 31.2 Å². The molecule has 1 aliphatic rings. The van der Waals surface area contributed by atoms with Crippen molar-refractivity contribution < 1.29 is 0 Å². The molecule has 1 aromatic carbocycles. The summed E-state index contributed by atoms with van der Waals surface area (Å²) in [6, 6.07) is 11.7. The summed E-state index contributed by atoms with van der Waals surface area (Å²) in [7, 11) is -1.59. The molecule has 0 spiro atoms. The van der Waals surface area contributed by atoms with Gasteiger partial charge in [0.1, 0.15) is 17.2 Å². The maximum atomic E-state index is 2.88. The van der Waals surface area contributed by atoms with Crippen molar-refractivity contribution in [3.8, 4) is 0 Å². The molecular weight excluding hydrogens is 238 g/mol. The topological polar surface area (TPSA) is 3.24 Å².